The van der Waals surface area contributed by atoms with Gasteiger partial charge in [-0.15, -0.1) is 0 Å². The fourth-order valence-corrected chi connectivity index (χ4v) is 2.88. The lowest BCUT2D eigenvalue weighted by Gasteiger charge is -2.40. The monoisotopic (exact) mass is 347 g/mol. The van der Waals surface area contributed by atoms with Crippen molar-refractivity contribution in [3.63, 3.8) is 0 Å². The van der Waals surface area contributed by atoms with Crippen molar-refractivity contribution in [2.24, 2.45) is 5.92 Å². The molecule has 0 aromatic heterocycles. The Labute approximate surface area is 128 Å². The molecule has 6 heteroatoms. The molecule has 1 heterocycles. The highest BCUT2D eigenvalue weighted by Gasteiger charge is 2.41. The van der Waals surface area contributed by atoms with E-state index in [9.17, 15) is 9.59 Å². The predicted octanol–water partition coefficient (Wildman–Crippen LogP) is 2.12. The Balaban J connectivity index is 3.04. The van der Waals surface area contributed by atoms with Crippen molar-refractivity contribution in [3.8, 4) is 0 Å². The molecule has 0 amide bonds. The van der Waals surface area contributed by atoms with Crippen molar-refractivity contribution in [3.05, 3.63) is 5.57 Å². The van der Waals surface area contributed by atoms with Gasteiger partial charge in [0.25, 0.3) is 0 Å². The Hall–Kier alpha value is -0.680. The van der Waals surface area contributed by atoms with Crippen LogP contribution in [0.2, 0.25) is 0 Å². The van der Waals surface area contributed by atoms with Gasteiger partial charge in [-0.3, -0.25) is 4.84 Å². The van der Waals surface area contributed by atoms with Crippen molar-refractivity contribution in [1.29, 1.82) is 0 Å². The number of piperidine rings is 1. The van der Waals surface area contributed by atoms with Crippen LogP contribution in [0.5, 0.6) is 0 Å². The fourth-order valence-electron chi connectivity index (χ4n) is 2.32. The SMILES string of the molecule is COC(=O)[C@H]1C(=C=O)[C@@H](CCBr)CCN1OC(C)(C)C. The van der Waals surface area contributed by atoms with E-state index >= 15 is 0 Å². The quantitative estimate of drug-likeness (QED) is 0.443. The first-order valence-electron chi connectivity index (χ1n) is 6.68. The minimum absolute atomic E-state index is 0.0378. The molecule has 1 fully saturated rings. The summed E-state index contributed by atoms with van der Waals surface area (Å²) in [7, 11) is 1.31. The van der Waals surface area contributed by atoms with Crippen LogP contribution in [0.25, 0.3) is 0 Å². The number of rotatable bonds is 4. The minimum Gasteiger partial charge on any atom is -0.468 e. The number of halogens is 1. The first-order chi connectivity index (χ1) is 9.34. The van der Waals surface area contributed by atoms with E-state index in [-0.39, 0.29) is 5.92 Å². The Morgan fingerprint density at radius 2 is 2.15 bits per heavy atom. The van der Waals surface area contributed by atoms with Gasteiger partial charge in [-0.05, 0) is 39.5 Å². The van der Waals surface area contributed by atoms with E-state index in [1.54, 1.807) is 5.06 Å². The molecule has 2 atom stereocenters. The maximum absolute atomic E-state index is 12.0. The van der Waals surface area contributed by atoms with Gasteiger partial charge in [-0.25, -0.2) is 9.59 Å². The van der Waals surface area contributed by atoms with E-state index in [1.807, 2.05) is 26.7 Å². The summed E-state index contributed by atoms with van der Waals surface area (Å²) in [4.78, 5) is 29.1. The minimum atomic E-state index is -0.797. The molecule has 1 aliphatic rings. The van der Waals surface area contributed by atoms with Crippen LogP contribution in [0.3, 0.4) is 0 Å². The average molecular weight is 348 g/mol. The Morgan fingerprint density at radius 1 is 1.50 bits per heavy atom. The van der Waals surface area contributed by atoms with Gasteiger partial charge >= 0.3 is 5.97 Å². The molecule has 0 bridgehead atoms. The molecule has 0 aromatic carbocycles. The number of carbonyl (C=O) groups excluding carboxylic acids is 2. The number of alkyl halides is 1. The molecule has 0 aliphatic carbocycles. The third-order valence-corrected chi connectivity index (χ3v) is 3.57. The predicted molar refractivity (Wildman–Crippen MR) is 79.1 cm³/mol. The zero-order valence-corrected chi connectivity index (χ0v) is 14.0. The normalized spacial score (nSPS) is 24.4. The van der Waals surface area contributed by atoms with Gasteiger partial charge < -0.3 is 4.74 Å². The molecule has 1 saturated heterocycles. The maximum atomic E-state index is 12.0. The molecule has 0 aromatic rings. The molecule has 0 radical (unpaired) electrons. The van der Waals surface area contributed by atoms with Gasteiger partial charge in [0, 0.05) is 17.4 Å². The largest absolute Gasteiger partial charge is 0.468 e. The highest BCUT2D eigenvalue weighted by Crippen LogP contribution is 2.32. The third-order valence-electron chi connectivity index (χ3n) is 3.11. The lowest BCUT2D eigenvalue weighted by Crippen LogP contribution is -2.52. The molecule has 1 aliphatic heterocycles. The van der Waals surface area contributed by atoms with E-state index in [0.29, 0.717) is 12.1 Å². The highest BCUT2D eigenvalue weighted by atomic mass is 79.9. The Kier molecular flexibility index (Phi) is 6.40. The van der Waals surface area contributed by atoms with E-state index in [4.69, 9.17) is 9.57 Å². The number of hydroxylamine groups is 2. The van der Waals surface area contributed by atoms with Gasteiger partial charge in [0.2, 0.25) is 0 Å². The molecular formula is C14H22BrNO4. The summed E-state index contributed by atoms with van der Waals surface area (Å²) in [6, 6.07) is -0.797. The van der Waals surface area contributed by atoms with Crippen LogP contribution in [0.15, 0.2) is 5.57 Å². The van der Waals surface area contributed by atoms with Gasteiger partial charge in [-0.1, -0.05) is 15.9 Å². The van der Waals surface area contributed by atoms with Crippen molar-refractivity contribution in [2.75, 3.05) is 19.0 Å². The summed E-state index contributed by atoms with van der Waals surface area (Å²) < 4.78 is 4.82. The molecule has 0 spiro atoms. The Morgan fingerprint density at radius 3 is 2.60 bits per heavy atom. The molecule has 20 heavy (non-hydrogen) atoms. The second-order valence-corrected chi connectivity index (χ2v) is 6.58. The first kappa shape index (κ1) is 17.4. The van der Waals surface area contributed by atoms with Crippen molar-refractivity contribution < 1.29 is 19.2 Å². The van der Waals surface area contributed by atoms with Gasteiger partial charge in [0.15, 0.2) is 6.04 Å². The number of nitrogens with zero attached hydrogens (tertiary/aromatic N) is 1. The van der Waals surface area contributed by atoms with Gasteiger partial charge in [-0.2, -0.15) is 5.06 Å². The molecule has 0 unspecified atom stereocenters. The van der Waals surface area contributed by atoms with Gasteiger partial charge in [0.1, 0.15) is 5.94 Å². The van der Waals surface area contributed by atoms with Crippen LogP contribution < -0.4 is 0 Å². The van der Waals surface area contributed by atoms with E-state index in [0.717, 1.165) is 18.2 Å². The van der Waals surface area contributed by atoms with E-state index < -0.39 is 17.6 Å². The number of ether oxygens (including phenoxy) is 1. The molecule has 114 valence electrons. The molecule has 0 saturated carbocycles. The molecule has 1 rings (SSSR count). The number of methoxy groups -OCH3 is 1. The summed E-state index contributed by atoms with van der Waals surface area (Å²) >= 11 is 3.38. The molecular weight excluding hydrogens is 326 g/mol. The van der Waals surface area contributed by atoms with Crippen LogP contribution in [0, 0.1) is 5.92 Å². The fraction of sp³-hybridized carbons (Fsp3) is 0.786. The van der Waals surface area contributed by atoms with Crippen LogP contribution in [-0.4, -0.2) is 47.6 Å². The van der Waals surface area contributed by atoms with Crippen LogP contribution in [0.4, 0.5) is 0 Å². The van der Waals surface area contributed by atoms with Crippen LogP contribution >= 0.6 is 15.9 Å². The number of carbonyl (C=O) groups is 1. The van der Waals surface area contributed by atoms with Crippen LogP contribution in [0.1, 0.15) is 33.6 Å². The topological polar surface area (TPSA) is 55.8 Å². The summed E-state index contributed by atoms with van der Waals surface area (Å²) in [5.41, 5.74) is -0.0190. The maximum Gasteiger partial charge on any atom is 0.330 e. The van der Waals surface area contributed by atoms with E-state index in [2.05, 4.69) is 15.9 Å². The van der Waals surface area contributed by atoms with Crippen LogP contribution in [-0.2, 0) is 19.2 Å². The smallest absolute Gasteiger partial charge is 0.330 e. The van der Waals surface area contributed by atoms with Gasteiger partial charge in [0.05, 0.1) is 12.7 Å². The molecule has 0 N–H and O–H groups in total. The zero-order chi connectivity index (χ0) is 15.3. The second-order valence-electron chi connectivity index (χ2n) is 5.79. The van der Waals surface area contributed by atoms with Crippen molar-refractivity contribution in [2.45, 2.75) is 45.3 Å². The second kappa shape index (κ2) is 7.36. The summed E-state index contributed by atoms with van der Waals surface area (Å²) in [6.07, 6.45) is 1.56. The number of hydrogen-bond donors (Lipinski definition) is 0. The summed E-state index contributed by atoms with van der Waals surface area (Å²) in [5, 5.41) is 2.33. The number of hydrogen-bond acceptors (Lipinski definition) is 5. The molecule has 5 nitrogen and oxygen atoms in total. The lowest BCUT2D eigenvalue weighted by atomic mass is 9.85. The van der Waals surface area contributed by atoms with E-state index in [1.165, 1.54) is 7.11 Å². The number of esters is 1. The third kappa shape index (κ3) is 4.42. The standard InChI is InChI=1S/C14H22BrNO4/c1-14(2,3)20-16-8-6-10(5-7-15)11(9-17)12(16)13(18)19-4/h10,12H,5-8H2,1-4H3/t10-,12+/m0/s1. The Bertz CT molecular complexity index is 398. The average Bonchev–Trinajstić information content (AvgIpc) is 2.37. The summed E-state index contributed by atoms with van der Waals surface area (Å²) in [5.74, 6) is 1.50. The summed E-state index contributed by atoms with van der Waals surface area (Å²) in [6.45, 7) is 6.28. The van der Waals surface area contributed by atoms with Crippen molar-refractivity contribution >= 4 is 27.8 Å². The lowest BCUT2D eigenvalue weighted by molar-refractivity contribution is -0.252. The zero-order valence-electron chi connectivity index (χ0n) is 12.4. The highest BCUT2D eigenvalue weighted by molar-refractivity contribution is 9.09. The first-order valence-corrected chi connectivity index (χ1v) is 7.80. The van der Waals surface area contributed by atoms with Crippen molar-refractivity contribution in [1.82, 2.24) is 5.06 Å².